The van der Waals surface area contributed by atoms with Crippen LogP contribution in [0.2, 0.25) is 0 Å². The van der Waals surface area contributed by atoms with E-state index < -0.39 is 0 Å². The first kappa shape index (κ1) is 12.7. The number of hydrogen-bond donors (Lipinski definition) is 1. The first-order chi connectivity index (χ1) is 9.17. The Labute approximate surface area is 114 Å². The van der Waals surface area contributed by atoms with Gasteiger partial charge in [0.05, 0.1) is 6.04 Å². The Hall–Kier alpha value is -1.29. The first-order valence-electron chi connectivity index (χ1n) is 7.31. The van der Waals surface area contributed by atoms with Crippen LogP contribution in [0.5, 0.6) is 0 Å². The molecule has 2 atom stereocenters. The van der Waals surface area contributed by atoms with Crippen LogP contribution >= 0.6 is 0 Å². The molecule has 1 saturated heterocycles. The van der Waals surface area contributed by atoms with Crippen molar-refractivity contribution < 1.29 is 9.21 Å². The van der Waals surface area contributed by atoms with Crippen molar-refractivity contribution in [2.24, 2.45) is 0 Å². The van der Waals surface area contributed by atoms with Gasteiger partial charge < -0.3 is 14.6 Å². The lowest BCUT2D eigenvalue weighted by molar-refractivity contribution is -0.128. The molecule has 1 aliphatic carbocycles. The van der Waals surface area contributed by atoms with Gasteiger partial charge in [-0.25, -0.2) is 0 Å². The van der Waals surface area contributed by atoms with E-state index in [2.05, 4.69) is 19.2 Å². The second-order valence-electron chi connectivity index (χ2n) is 5.72. The van der Waals surface area contributed by atoms with Crippen LogP contribution in [0.4, 0.5) is 0 Å². The number of amides is 1. The fourth-order valence-corrected chi connectivity index (χ4v) is 2.84. The lowest BCUT2D eigenvalue weighted by Crippen LogP contribution is -2.35. The molecule has 1 aliphatic heterocycles. The first-order valence-corrected chi connectivity index (χ1v) is 7.31. The Morgan fingerprint density at radius 2 is 2.26 bits per heavy atom. The smallest absolute Gasteiger partial charge is 0.224 e. The van der Waals surface area contributed by atoms with Crippen molar-refractivity contribution in [3.05, 3.63) is 23.7 Å². The third-order valence-electron chi connectivity index (χ3n) is 4.09. The van der Waals surface area contributed by atoms with E-state index >= 15 is 0 Å². The van der Waals surface area contributed by atoms with Crippen LogP contribution in [0, 0.1) is 0 Å². The van der Waals surface area contributed by atoms with E-state index in [1.807, 2.05) is 17.0 Å². The minimum Gasteiger partial charge on any atom is -0.464 e. The lowest BCUT2D eigenvalue weighted by atomic mass is 10.2. The standard InChI is InChI=1S/C15H22N2O2/c1-3-13-6-7-14(19-13)10(2)16-11-8-15(18)17(9-11)12-4-5-12/h6-7,10-12,16H,3-5,8-9H2,1-2H3. The number of nitrogens with one attached hydrogen (secondary N) is 1. The highest BCUT2D eigenvalue weighted by molar-refractivity contribution is 5.80. The topological polar surface area (TPSA) is 45.5 Å². The molecule has 2 unspecified atom stereocenters. The number of carbonyl (C=O) groups excluding carboxylic acids is 1. The van der Waals surface area contributed by atoms with E-state index in [1.165, 1.54) is 12.8 Å². The van der Waals surface area contributed by atoms with Gasteiger partial charge in [-0.3, -0.25) is 4.79 Å². The van der Waals surface area contributed by atoms with E-state index in [-0.39, 0.29) is 12.1 Å². The number of likely N-dealkylation sites (tertiary alicyclic amines) is 1. The summed E-state index contributed by atoms with van der Waals surface area (Å²) in [7, 11) is 0. The molecule has 1 aromatic heterocycles. The van der Waals surface area contributed by atoms with E-state index in [0.29, 0.717) is 18.4 Å². The molecule has 0 bridgehead atoms. The molecule has 2 heterocycles. The lowest BCUT2D eigenvalue weighted by Gasteiger charge is -2.19. The molecule has 104 valence electrons. The second-order valence-corrected chi connectivity index (χ2v) is 5.72. The predicted octanol–water partition coefficient (Wildman–Crippen LogP) is 2.26. The number of carbonyl (C=O) groups is 1. The van der Waals surface area contributed by atoms with Crippen LogP contribution in [0.1, 0.15) is 50.7 Å². The average Bonchev–Trinajstić information content (AvgIpc) is 2.99. The molecule has 4 heteroatoms. The molecule has 0 spiro atoms. The number of furan rings is 1. The van der Waals surface area contributed by atoms with Gasteiger partial charge in [0.2, 0.25) is 5.91 Å². The van der Waals surface area contributed by atoms with Gasteiger partial charge in [-0.05, 0) is 31.9 Å². The van der Waals surface area contributed by atoms with Crippen LogP contribution in [0.25, 0.3) is 0 Å². The van der Waals surface area contributed by atoms with E-state index in [1.54, 1.807) is 0 Å². The number of nitrogens with zero attached hydrogens (tertiary/aromatic N) is 1. The Kier molecular flexibility index (Phi) is 3.35. The number of hydrogen-bond acceptors (Lipinski definition) is 3. The highest BCUT2D eigenvalue weighted by Crippen LogP contribution is 2.31. The molecule has 2 fully saturated rings. The van der Waals surface area contributed by atoms with Gasteiger partial charge in [-0.1, -0.05) is 6.92 Å². The molecule has 1 amide bonds. The largest absolute Gasteiger partial charge is 0.464 e. The van der Waals surface area contributed by atoms with Gasteiger partial charge in [-0.2, -0.15) is 0 Å². The van der Waals surface area contributed by atoms with Gasteiger partial charge in [0.1, 0.15) is 11.5 Å². The Balaban J connectivity index is 1.57. The molecule has 1 N–H and O–H groups in total. The molecule has 1 saturated carbocycles. The molecule has 1 aromatic rings. The average molecular weight is 262 g/mol. The molecular weight excluding hydrogens is 240 g/mol. The predicted molar refractivity (Wildman–Crippen MR) is 72.8 cm³/mol. The highest BCUT2D eigenvalue weighted by atomic mass is 16.3. The van der Waals surface area contributed by atoms with Crippen molar-refractivity contribution in [2.45, 2.75) is 57.7 Å². The Bertz CT molecular complexity index is 464. The zero-order valence-electron chi connectivity index (χ0n) is 11.7. The maximum Gasteiger partial charge on any atom is 0.224 e. The molecule has 0 radical (unpaired) electrons. The molecule has 0 aromatic carbocycles. The SMILES string of the molecule is CCc1ccc(C(C)NC2CC(=O)N(C3CC3)C2)o1. The van der Waals surface area contributed by atoms with Crippen molar-refractivity contribution in [3.63, 3.8) is 0 Å². The maximum absolute atomic E-state index is 11.9. The molecule has 19 heavy (non-hydrogen) atoms. The van der Waals surface area contributed by atoms with Crippen molar-refractivity contribution in [1.82, 2.24) is 10.2 Å². The molecular formula is C15H22N2O2. The minimum atomic E-state index is 0.164. The maximum atomic E-state index is 11.9. The summed E-state index contributed by atoms with van der Waals surface area (Å²) < 4.78 is 5.76. The monoisotopic (exact) mass is 262 g/mol. The van der Waals surface area contributed by atoms with Gasteiger partial charge in [-0.15, -0.1) is 0 Å². The fourth-order valence-electron chi connectivity index (χ4n) is 2.84. The number of aryl methyl sites for hydroxylation is 1. The number of rotatable bonds is 5. The highest BCUT2D eigenvalue weighted by Gasteiger charge is 2.39. The van der Waals surface area contributed by atoms with Crippen LogP contribution in [0.15, 0.2) is 16.5 Å². The van der Waals surface area contributed by atoms with Crippen molar-refractivity contribution in [2.75, 3.05) is 6.54 Å². The third-order valence-corrected chi connectivity index (χ3v) is 4.09. The van der Waals surface area contributed by atoms with Crippen molar-refractivity contribution in [3.8, 4) is 0 Å². The van der Waals surface area contributed by atoms with Crippen LogP contribution < -0.4 is 5.32 Å². The summed E-state index contributed by atoms with van der Waals surface area (Å²) in [6, 6.07) is 5.02. The normalized spacial score (nSPS) is 25.1. The zero-order chi connectivity index (χ0) is 13.4. The van der Waals surface area contributed by atoms with E-state index in [9.17, 15) is 4.79 Å². The van der Waals surface area contributed by atoms with Gasteiger partial charge >= 0.3 is 0 Å². The summed E-state index contributed by atoms with van der Waals surface area (Å²) in [6.45, 7) is 5.04. The summed E-state index contributed by atoms with van der Waals surface area (Å²) in [6.07, 6.45) is 3.92. The Morgan fingerprint density at radius 3 is 2.89 bits per heavy atom. The summed E-state index contributed by atoms with van der Waals surface area (Å²) in [5, 5.41) is 3.52. The van der Waals surface area contributed by atoms with Crippen molar-refractivity contribution in [1.29, 1.82) is 0 Å². The quantitative estimate of drug-likeness (QED) is 0.885. The van der Waals surface area contributed by atoms with Crippen molar-refractivity contribution >= 4 is 5.91 Å². The zero-order valence-corrected chi connectivity index (χ0v) is 11.7. The second kappa shape index (κ2) is 5.00. The molecule has 3 rings (SSSR count). The fraction of sp³-hybridized carbons (Fsp3) is 0.667. The molecule has 2 aliphatic rings. The molecule has 4 nitrogen and oxygen atoms in total. The summed E-state index contributed by atoms with van der Waals surface area (Å²) in [4.78, 5) is 13.9. The van der Waals surface area contributed by atoms with Crippen LogP contribution in [-0.4, -0.2) is 29.4 Å². The van der Waals surface area contributed by atoms with Gasteiger partial charge in [0.15, 0.2) is 0 Å². The van der Waals surface area contributed by atoms with E-state index in [4.69, 9.17) is 4.42 Å². The summed E-state index contributed by atoms with van der Waals surface area (Å²) >= 11 is 0. The Morgan fingerprint density at radius 1 is 1.47 bits per heavy atom. The van der Waals surface area contributed by atoms with Gasteiger partial charge in [0, 0.05) is 31.5 Å². The van der Waals surface area contributed by atoms with Crippen LogP contribution in [0.3, 0.4) is 0 Å². The third kappa shape index (κ3) is 2.68. The van der Waals surface area contributed by atoms with Gasteiger partial charge in [0.25, 0.3) is 0 Å². The minimum absolute atomic E-state index is 0.164. The summed E-state index contributed by atoms with van der Waals surface area (Å²) in [5.41, 5.74) is 0. The van der Waals surface area contributed by atoms with E-state index in [0.717, 1.165) is 24.5 Å². The summed E-state index contributed by atoms with van der Waals surface area (Å²) in [5.74, 6) is 2.29. The van der Waals surface area contributed by atoms with Crippen LogP contribution in [-0.2, 0) is 11.2 Å².